The summed E-state index contributed by atoms with van der Waals surface area (Å²) in [5.41, 5.74) is 6.66. The first-order valence-electron chi connectivity index (χ1n) is 6.96. The Bertz CT molecular complexity index is 581. The molecule has 0 amide bonds. The fourth-order valence-corrected chi connectivity index (χ4v) is 1.85. The molecule has 1 heterocycles. The van der Waals surface area contributed by atoms with Crippen LogP contribution in [0.3, 0.4) is 0 Å². The van der Waals surface area contributed by atoms with E-state index in [2.05, 4.69) is 10.1 Å². The van der Waals surface area contributed by atoms with Gasteiger partial charge in [-0.3, -0.25) is 0 Å². The molecule has 6 heteroatoms. The maximum atomic E-state index is 5.69. The van der Waals surface area contributed by atoms with E-state index < -0.39 is 0 Å². The first-order chi connectivity index (χ1) is 10.1. The Morgan fingerprint density at radius 1 is 1.29 bits per heavy atom. The van der Waals surface area contributed by atoms with Gasteiger partial charge < -0.3 is 19.7 Å². The maximum Gasteiger partial charge on any atom is 0.264 e. The minimum Gasteiger partial charge on any atom is -0.493 e. The minimum absolute atomic E-state index is 0.215. The van der Waals surface area contributed by atoms with Crippen LogP contribution < -0.4 is 15.2 Å². The van der Waals surface area contributed by atoms with Gasteiger partial charge in [-0.25, -0.2) is 0 Å². The molecule has 0 unspecified atom stereocenters. The summed E-state index contributed by atoms with van der Waals surface area (Å²) in [4.78, 5) is 4.27. The number of hydrogen-bond donors (Lipinski definition) is 1. The van der Waals surface area contributed by atoms with E-state index in [1.165, 1.54) is 0 Å². The van der Waals surface area contributed by atoms with Crippen molar-refractivity contribution in [1.29, 1.82) is 0 Å². The molecule has 1 aromatic heterocycles. The Morgan fingerprint density at radius 2 is 2.10 bits per heavy atom. The van der Waals surface area contributed by atoms with Crippen LogP contribution in [0, 0.1) is 0 Å². The van der Waals surface area contributed by atoms with Crippen molar-refractivity contribution in [3.05, 3.63) is 35.5 Å². The molecule has 0 atom stereocenters. The molecule has 2 rings (SSSR count). The highest BCUT2D eigenvalue weighted by Gasteiger charge is 2.12. The van der Waals surface area contributed by atoms with Crippen LogP contribution >= 0.6 is 0 Å². The molecule has 21 heavy (non-hydrogen) atoms. The summed E-state index contributed by atoms with van der Waals surface area (Å²) < 4.78 is 16.2. The van der Waals surface area contributed by atoms with Crippen molar-refractivity contribution in [2.24, 2.45) is 5.73 Å². The van der Waals surface area contributed by atoms with Gasteiger partial charge in [-0.15, -0.1) is 0 Å². The molecule has 0 radical (unpaired) electrons. The molecule has 0 fully saturated rings. The van der Waals surface area contributed by atoms with E-state index in [-0.39, 0.29) is 12.5 Å². The molecule has 0 aliphatic rings. The van der Waals surface area contributed by atoms with Gasteiger partial charge in [0.25, 0.3) is 5.89 Å². The van der Waals surface area contributed by atoms with E-state index in [0.717, 1.165) is 12.0 Å². The van der Waals surface area contributed by atoms with E-state index in [0.29, 0.717) is 29.8 Å². The number of ether oxygens (including phenoxy) is 2. The second-order valence-corrected chi connectivity index (χ2v) is 5.01. The molecular weight excluding hydrogens is 270 g/mol. The lowest BCUT2D eigenvalue weighted by Crippen LogP contribution is -2.03. The SMILES string of the molecule is COc1cc(CCN)ccc1OCc1nc(C(C)C)no1. The zero-order valence-corrected chi connectivity index (χ0v) is 12.6. The molecule has 0 saturated carbocycles. The number of nitrogens with two attached hydrogens (primary N) is 1. The highest BCUT2D eigenvalue weighted by atomic mass is 16.5. The Balaban J connectivity index is 2.04. The molecule has 0 aliphatic carbocycles. The summed E-state index contributed by atoms with van der Waals surface area (Å²) >= 11 is 0. The van der Waals surface area contributed by atoms with Crippen LogP contribution in [0.4, 0.5) is 0 Å². The zero-order valence-electron chi connectivity index (χ0n) is 12.6. The van der Waals surface area contributed by atoms with Crippen molar-refractivity contribution in [2.45, 2.75) is 32.8 Å². The van der Waals surface area contributed by atoms with Crippen LogP contribution in [0.1, 0.15) is 37.0 Å². The molecule has 1 aromatic carbocycles. The van der Waals surface area contributed by atoms with Crippen LogP contribution in [-0.2, 0) is 13.0 Å². The second-order valence-electron chi connectivity index (χ2n) is 5.01. The van der Waals surface area contributed by atoms with Crippen molar-refractivity contribution < 1.29 is 14.0 Å². The lowest BCUT2D eigenvalue weighted by Gasteiger charge is -2.10. The number of aromatic nitrogens is 2. The Kier molecular flexibility index (Phi) is 5.16. The molecule has 114 valence electrons. The third kappa shape index (κ3) is 3.95. The lowest BCUT2D eigenvalue weighted by atomic mass is 10.1. The minimum atomic E-state index is 0.215. The quantitative estimate of drug-likeness (QED) is 0.842. The monoisotopic (exact) mass is 291 g/mol. The van der Waals surface area contributed by atoms with Crippen molar-refractivity contribution in [3.63, 3.8) is 0 Å². The molecule has 6 nitrogen and oxygen atoms in total. The number of nitrogens with zero attached hydrogens (tertiary/aromatic N) is 2. The van der Waals surface area contributed by atoms with Gasteiger partial charge in [0.1, 0.15) is 0 Å². The predicted octanol–water partition coefficient (Wildman–Crippen LogP) is 2.28. The molecule has 0 bridgehead atoms. The van der Waals surface area contributed by atoms with Gasteiger partial charge >= 0.3 is 0 Å². The van der Waals surface area contributed by atoms with Crippen molar-refractivity contribution in [1.82, 2.24) is 10.1 Å². The third-order valence-electron chi connectivity index (χ3n) is 3.01. The molecule has 0 aliphatic heterocycles. The van der Waals surface area contributed by atoms with Gasteiger partial charge in [0.15, 0.2) is 23.9 Å². The predicted molar refractivity (Wildman–Crippen MR) is 78.5 cm³/mol. The first-order valence-corrected chi connectivity index (χ1v) is 6.96. The van der Waals surface area contributed by atoms with Crippen LogP contribution in [0.5, 0.6) is 11.5 Å². The summed E-state index contributed by atoms with van der Waals surface area (Å²) in [5.74, 6) is 2.67. The second kappa shape index (κ2) is 7.08. The van der Waals surface area contributed by atoms with Gasteiger partial charge in [-0.05, 0) is 30.7 Å². The summed E-state index contributed by atoms with van der Waals surface area (Å²) in [6.07, 6.45) is 0.804. The summed E-state index contributed by atoms with van der Waals surface area (Å²) in [5, 5.41) is 3.90. The maximum absolute atomic E-state index is 5.69. The zero-order chi connectivity index (χ0) is 15.2. The fraction of sp³-hybridized carbons (Fsp3) is 0.467. The third-order valence-corrected chi connectivity index (χ3v) is 3.01. The number of methoxy groups -OCH3 is 1. The van der Waals surface area contributed by atoms with E-state index in [1.807, 2.05) is 32.0 Å². The lowest BCUT2D eigenvalue weighted by molar-refractivity contribution is 0.233. The van der Waals surface area contributed by atoms with Gasteiger partial charge in [-0.1, -0.05) is 25.1 Å². The van der Waals surface area contributed by atoms with Crippen LogP contribution in [0.15, 0.2) is 22.7 Å². The van der Waals surface area contributed by atoms with E-state index in [1.54, 1.807) is 7.11 Å². The molecule has 2 aromatic rings. The highest BCUT2D eigenvalue weighted by molar-refractivity contribution is 5.43. The Morgan fingerprint density at radius 3 is 2.71 bits per heavy atom. The van der Waals surface area contributed by atoms with Gasteiger partial charge in [0.2, 0.25) is 0 Å². The van der Waals surface area contributed by atoms with Crippen molar-refractivity contribution in [2.75, 3.05) is 13.7 Å². The van der Waals surface area contributed by atoms with Crippen LogP contribution in [-0.4, -0.2) is 23.8 Å². The highest BCUT2D eigenvalue weighted by Crippen LogP contribution is 2.28. The molecule has 0 saturated heterocycles. The Hall–Kier alpha value is -2.08. The average molecular weight is 291 g/mol. The van der Waals surface area contributed by atoms with Crippen LogP contribution in [0.25, 0.3) is 0 Å². The van der Waals surface area contributed by atoms with Gasteiger partial charge in [0.05, 0.1) is 7.11 Å². The molecular formula is C15H21N3O3. The summed E-state index contributed by atoms with van der Waals surface area (Å²) in [6.45, 7) is 4.83. The topological polar surface area (TPSA) is 83.4 Å². The van der Waals surface area contributed by atoms with Gasteiger partial charge in [0, 0.05) is 5.92 Å². The van der Waals surface area contributed by atoms with E-state index in [9.17, 15) is 0 Å². The normalized spacial score (nSPS) is 10.9. The Labute approximate surface area is 124 Å². The first kappa shape index (κ1) is 15.3. The summed E-state index contributed by atoms with van der Waals surface area (Å²) in [7, 11) is 1.61. The van der Waals surface area contributed by atoms with Crippen molar-refractivity contribution >= 4 is 0 Å². The number of rotatable bonds is 7. The summed E-state index contributed by atoms with van der Waals surface area (Å²) in [6, 6.07) is 5.76. The van der Waals surface area contributed by atoms with E-state index >= 15 is 0 Å². The molecule has 0 spiro atoms. The molecule has 2 N–H and O–H groups in total. The smallest absolute Gasteiger partial charge is 0.264 e. The van der Waals surface area contributed by atoms with Gasteiger partial charge in [-0.2, -0.15) is 4.98 Å². The number of hydrogen-bond acceptors (Lipinski definition) is 6. The largest absolute Gasteiger partial charge is 0.493 e. The van der Waals surface area contributed by atoms with E-state index in [4.69, 9.17) is 19.7 Å². The standard InChI is InChI=1S/C15H21N3O3/c1-10(2)15-17-14(21-18-15)9-20-12-5-4-11(6-7-16)8-13(12)19-3/h4-5,8,10H,6-7,9,16H2,1-3H3. The number of benzene rings is 1. The fourth-order valence-electron chi connectivity index (χ4n) is 1.85. The average Bonchev–Trinajstić information content (AvgIpc) is 2.95. The van der Waals surface area contributed by atoms with Crippen LogP contribution in [0.2, 0.25) is 0 Å². The van der Waals surface area contributed by atoms with Crippen molar-refractivity contribution in [3.8, 4) is 11.5 Å².